The summed E-state index contributed by atoms with van der Waals surface area (Å²) in [7, 11) is 1.37. The predicted octanol–water partition coefficient (Wildman–Crippen LogP) is 2.00. The summed E-state index contributed by atoms with van der Waals surface area (Å²) in [5.41, 5.74) is 0.573. The molecule has 0 aliphatic carbocycles. The minimum Gasteiger partial charge on any atom is -0.481 e. The van der Waals surface area contributed by atoms with Crippen LogP contribution in [0.25, 0.3) is 0 Å². The maximum atomic E-state index is 10.7. The fourth-order valence-electron chi connectivity index (χ4n) is 0.637. The van der Waals surface area contributed by atoms with Crippen molar-refractivity contribution in [2.45, 2.75) is 33.1 Å². The average molecular weight is 202 g/mol. The Bertz CT molecular complexity index is 192. The van der Waals surface area contributed by atoms with Crippen molar-refractivity contribution in [3.63, 3.8) is 0 Å². The van der Waals surface area contributed by atoms with Crippen molar-refractivity contribution in [3.05, 3.63) is 12.2 Å². The van der Waals surface area contributed by atoms with Crippen molar-refractivity contribution in [1.29, 1.82) is 0 Å². The molecular formula is C10H18O4. The molecule has 0 saturated heterocycles. The number of esters is 1. The summed E-state index contributed by atoms with van der Waals surface area (Å²) >= 11 is 0. The lowest BCUT2D eigenvalue weighted by Gasteiger charge is -2.00. The molecule has 0 rings (SSSR count). The standard InChI is InChI=1S/C8H14O2.C2H4O2/c1-4-5-6-7(2)8(9)10-3;1-2(3)4/h2,4-6H2,1,3H3;1H3,(H,3,4). The Hall–Kier alpha value is -1.32. The van der Waals surface area contributed by atoms with Crippen molar-refractivity contribution in [3.8, 4) is 0 Å². The molecule has 0 unspecified atom stereocenters. The fraction of sp³-hybridized carbons (Fsp3) is 0.600. The molecule has 0 aromatic heterocycles. The molecule has 0 bridgehead atoms. The highest BCUT2D eigenvalue weighted by atomic mass is 16.5. The SMILES string of the molecule is C=C(CCCC)C(=O)OC.CC(=O)O. The molecule has 0 heterocycles. The van der Waals surface area contributed by atoms with E-state index >= 15 is 0 Å². The molecule has 0 atom stereocenters. The highest BCUT2D eigenvalue weighted by Crippen LogP contribution is 2.05. The van der Waals surface area contributed by atoms with Crippen LogP contribution in [-0.4, -0.2) is 24.2 Å². The largest absolute Gasteiger partial charge is 0.481 e. The molecule has 4 nitrogen and oxygen atoms in total. The van der Waals surface area contributed by atoms with Gasteiger partial charge in [-0.25, -0.2) is 4.79 Å². The summed E-state index contributed by atoms with van der Waals surface area (Å²) in [5.74, 6) is -1.12. The topological polar surface area (TPSA) is 63.6 Å². The van der Waals surface area contributed by atoms with E-state index in [0.29, 0.717) is 5.57 Å². The first kappa shape index (κ1) is 15.2. The lowest BCUT2D eigenvalue weighted by Crippen LogP contribution is -2.02. The molecular weight excluding hydrogens is 184 g/mol. The molecule has 0 saturated carbocycles. The second-order valence-electron chi connectivity index (χ2n) is 2.72. The maximum absolute atomic E-state index is 10.7. The highest BCUT2D eigenvalue weighted by Gasteiger charge is 2.03. The Labute approximate surface area is 84.6 Å². The third-order valence-corrected chi connectivity index (χ3v) is 1.31. The smallest absolute Gasteiger partial charge is 0.333 e. The number of aliphatic carboxylic acids is 1. The Morgan fingerprint density at radius 3 is 2.14 bits per heavy atom. The van der Waals surface area contributed by atoms with Gasteiger partial charge in [0.25, 0.3) is 5.97 Å². The first-order chi connectivity index (χ1) is 6.45. The maximum Gasteiger partial charge on any atom is 0.333 e. The number of carboxylic acids is 1. The molecule has 0 aliphatic heterocycles. The van der Waals surface area contributed by atoms with Crippen LogP contribution in [0.15, 0.2) is 12.2 Å². The van der Waals surface area contributed by atoms with E-state index < -0.39 is 5.97 Å². The summed E-state index contributed by atoms with van der Waals surface area (Å²) in [5, 5.41) is 7.42. The number of hydrogen-bond acceptors (Lipinski definition) is 3. The first-order valence-electron chi connectivity index (χ1n) is 4.41. The molecule has 0 amide bonds. The van der Waals surface area contributed by atoms with Crippen LogP contribution in [0.2, 0.25) is 0 Å². The average Bonchev–Trinajstić information content (AvgIpc) is 2.11. The number of hydrogen-bond donors (Lipinski definition) is 1. The minimum atomic E-state index is -0.833. The molecule has 0 aromatic carbocycles. The molecule has 0 radical (unpaired) electrons. The minimum absolute atomic E-state index is 0.284. The summed E-state index contributed by atoms with van der Waals surface area (Å²) in [6.07, 6.45) is 2.84. The van der Waals surface area contributed by atoms with Gasteiger partial charge in [-0.2, -0.15) is 0 Å². The van der Waals surface area contributed by atoms with Gasteiger partial charge in [0.05, 0.1) is 7.11 Å². The summed E-state index contributed by atoms with van der Waals surface area (Å²) in [6.45, 7) is 6.75. The second-order valence-corrected chi connectivity index (χ2v) is 2.72. The number of carboxylic acid groups (broad SMARTS) is 1. The molecule has 4 heteroatoms. The van der Waals surface area contributed by atoms with Gasteiger partial charge in [-0.05, 0) is 12.8 Å². The van der Waals surface area contributed by atoms with Gasteiger partial charge in [-0.1, -0.05) is 19.9 Å². The zero-order valence-electron chi connectivity index (χ0n) is 9.00. The van der Waals surface area contributed by atoms with Gasteiger partial charge in [-0.15, -0.1) is 0 Å². The normalized spacial score (nSPS) is 8.21. The number of ether oxygens (including phenoxy) is 1. The summed E-state index contributed by atoms with van der Waals surface area (Å²) in [4.78, 5) is 19.7. The molecule has 82 valence electrons. The number of carbonyl (C=O) groups excluding carboxylic acids is 1. The van der Waals surface area contributed by atoms with Crippen LogP contribution in [0.3, 0.4) is 0 Å². The Balaban J connectivity index is 0. The van der Waals surface area contributed by atoms with Gasteiger partial charge >= 0.3 is 5.97 Å². The van der Waals surface area contributed by atoms with Gasteiger partial charge in [0.1, 0.15) is 0 Å². The van der Waals surface area contributed by atoms with Crippen molar-refractivity contribution < 1.29 is 19.4 Å². The van der Waals surface area contributed by atoms with E-state index in [2.05, 4.69) is 18.2 Å². The number of rotatable bonds is 4. The van der Waals surface area contributed by atoms with Gasteiger partial charge < -0.3 is 9.84 Å². The van der Waals surface area contributed by atoms with E-state index in [9.17, 15) is 4.79 Å². The molecule has 0 aliphatic rings. The van der Waals surface area contributed by atoms with Crippen molar-refractivity contribution in [2.75, 3.05) is 7.11 Å². The van der Waals surface area contributed by atoms with Gasteiger partial charge in [0, 0.05) is 12.5 Å². The summed E-state index contributed by atoms with van der Waals surface area (Å²) in [6, 6.07) is 0. The van der Waals surface area contributed by atoms with Crippen LogP contribution < -0.4 is 0 Å². The van der Waals surface area contributed by atoms with Crippen LogP contribution in [0.4, 0.5) is 0 Å². The van der Waals surface area contributed by atoms with Crippen LogP contribution >= 0.6 is 0 Å². The third-order valence-electron chi connectivity index (χ3n) is 1.31. The summed E-state index contributed by atoms with van der Waals surface area (Å²) < 4.78 is 4.47. The highest BCUT2D eigenvalue weighted by molar-refractivity contribution is 5.87. The van der Waals surface area contributed by atoms with E-state index in [4.69, 9.17) is 9.90 Å². The zero-order chi connectivity index (χ0) is 11.6. The number of unbranched alkanes of at least 4 members (excludes halogenated alkanes) is 1. The molecule has 0 aromatic rings. The van der Waals surface area contributed by atoms with Crippen molar-refractivity contribution in [2.24, 2.45) is 0 Å². The third kappa shape index (κ3) is 13.3. The van der Waals surface area contributed by atoms with Gasteiger partial charge in [0.2, 0.25) is 0 Å². The zero-order valence-corrected chi connectivity index (χ0v) is 9.00. The van der Waals surface area contributed by atoms with Crippen LogP contribution in [-0.2, 0) is 14.3 Å². The second kappa shape index (κ2) is 9.77. The van der Waals surface area contributed by atoms with Crippen molar-refractivity contribution in [1.82, 2.24) is 0 Å². The lowest BCUT2D eigenvalue weighted by atomic mass is 10.1. The molecule has 0 spiro atoms. The van der Waals surface area contributed by atoms with Crippen molar-refractivity contribution >= 4 is 11.9 Å². The Morgan fingerprint density at radius 1 is 1.43 bits per heavy atom. The van der Waals surface area contributed by atoms with E-state index in [1.807, 2.05) is 0 Å². The van der Waals surface area contributed by atoms with Crippen LogP contribution in [0.1, 0.15) is 33.1 Å². The fourth-order valence-corrected chi connectivity index (χ4v) is 0.637. The van der Waals surface area contributed by atoms with E-state index in [1.54, 1.807) is 0 Å². The van der Waals surface area contributed by atoms with Crippen LogP contribution in [0, 0.1) is 0 Å². The first-order valence-corrected chi connectivity index (χ1v) is 4.41. The van der Waals surface area contributed by atoms with E-state index in [0.717, 1.165) is 26.2 Å². The lowest BCUT2D eigenvalue weighted by molar-refractivity contribution is -0.136. The van der Waals surface area contributed by atoms with E-state index in [1.165, 1.54) is 7.11 Å². The van der Waals surface area contributed by atoms with Gasteiger partial charge in [0.15, 0.2) is 0 Å². The quantitative estimate of drug-likeness (QED) is 0.559. The molecule has 0 fully saturated rings. The van der Waals surface area contributed by atoms with Crippen LogP contribution in [0.5, 0.6) is 0 Å². The number of carbonyl (C=O) groups is 2. The Kier molecular flexibility index (Phi) is 10.6. The predicted molar refractivity (Wildman–Crippen MR) is 54.0 cm³/mol. The molecule has 1 N–H and O–H groups in total. The monoisotopic (exact) mass is 202 g/mol. The van der Waals surface area contributed by atoms with E-state index in [-0.39, 0.29) is 5.97 Å². The Morgan fingerprint density at radius 2 is 1.86 bits per heavy atom. The number of methoxy groups -OCH3 is 1. The van der Waals surface area contributed by atoms with Gasteiger partial charge in [-0.3, -0.25) is 4.79 Å². The molecule has 14 heavy (non-hydrogen) atoms.